The maximum absolute atomic E-state index is 13.5. The van der Waals surface area contributed by atoms with Crippen LogP contribution in [0.5, 0.6) is 0 Å². The van der Waals surface area contributed by atoms with Gasteiger partial charge >= 0.3 is 0 Å². The number of nitrogens with zero attached hydrogens (tertiary/aromatic N) is 2. The van der Waals surface area contributed by atoms with Gasteiger partial charge in [0.2, 0.25) is 5.91 Å². The van der Waals surface area contributed by atoms with E-state index in [1.165, 1.54) is 0 Å². The van der Waals surface area contributed by atoms with Crippen LogP contribution in [-0.2, 0) is 4.79 Å². The molecule has 0 fully saturated rings. The van der Waals surface area contributed by atoms with E-state index in [1.807, 2.05) is 95.6 Å². The van der Waals surface area contributed by atoms with E-state index in [0.29, 0.717) is 12.0 Å². The van der Waals surface area contributed by atoms with Gasteiger partial charge in [-0.2, -0.15) is 0 Å². The van der Waals surface area contributed by atoms with Crippen molar-refractivity contribution in [3.63, 3.8) is 0 Å². The quantitative estimate of drug-likeness (QED) is 0.582. The summed E-state index contributed by atoms with van der Waals surface area (Å²) in [6, 6.07) is 25.2. The molecule has 4 heteroatoms. The molecule has 30 heavy (non-hydrogen) atoms. The van der Waals surface area contributed by atoms with Gasteiger partial charge in [0.05, 0.1) is 6.04 Å². The highest BCUT2D eigenvalue weighted by molar-refractivity contribution is 6.08. The van der Waals surface area contributed by atoms with Crippen molar-refractivity contribution in [1.29, 1.82) is 0 Å². The summed E-state index contributed by atoms with van der Waals surface area (Å²) in [5, 5.41) is 0. The van der Waals surface area contributed by atoms with Crippen LogP contribution in [0.4, 0.5) is 11.4 Å². The van der Waals surface area contributed by atoms with E-state index in [2.05, 4.69) is 6.92 Å². The van der Waals surface area contributed by atoms with Crippen LogP contribution < -0.4 is 9.80 Å². The molecule has 0 N–H and O–H groups in total. The standard InChI is InChI=1S/C26H26N2O2/c1-18-11-7-8-14-22(18)26(30)27-19(2)17-25(23-15-9-10-16-24(23)27)28(20(3)29)21-12-5-4-6-13-21/h4-16,19,25H,17H2,1-3H3. The predicted molar refractivity (Wildman–Crippen MR) is 121 cm³/mol. The molecule has 2 unspecified atom stereocenters. The number of aryl methyl sites for hydroxylation is 1. The van der Waals surface area contributed by atoms with E-state index in [9.17, 15) is 9.59 Å². The monoisotopic (exact) mass is 398 g/mol. The fraction of sp³-hybridized carbons (Fsp3) is 0.231. The Hall–Kier alpha value is -3.40. The Bertz CT molecular complexity index is 1080. The number of para-hydroxylation sites is 2. The predicted octanol–water partition coefficient (Wildman–Crippen LogP) is 5.53. The van der Waals surface area contributed by atoms with Gasteiger partial charge in [-0.05, 0) is 55.7 Å². The van der Waals surface area contributed by atoms with Crippen LogP contribution in [0.15, 0.2) is 78.9 Å². The molecule has 1 heterocycles. The lowest BCUT2D eigenvalue weighted by molar-refractivity contribution is -0.117. The second-order valence-corrected chi connectivity index (χ2v) is 7.87. The average molecular weight is 399 g/mol. The number of hydrogen-bond acceptors (Lipinski definition) is 2. The summed E-state index contributed by atoms with van der Waals surface area (Å²) in [7, 11) is 0. The van der Waals surface area contributed by atoms with Crippen LogP contribution in [0.25, 0.3) is 0 Å². The SMILES string of the molecule is CC(=O)N(c1ccccc1)C1CC(C)N(C(=O)c2ccccc2C)c2ccccc21. The van der Waals surface area contributed by atoms with Crippen molar-refractivity contribution in [2.45, 2.75) is 39.3 Å². The van der Waals surface area contributed by atoms with Crippen molar-refractivity contribution in [1.82, 2.24) is 0 Å². The Balaban J connectivity index is 1.80. The molecule has 0 radical (unpaired) electrons. The van der Waals surface area contributed by atoms with Gasteiger partial charge in [-0.1, -0.05) is 54.6 Å². The lowest BCUT2D eigenvalue weighted by atomic mass is 9.89. The molecule has 3 aromatic rings. The van der Waals surface area contributed by atoms with Crippen LogP contribution in [0, 0.1) is 6.92 Å². The van der Waals surface area contributed by atoms with E-state index in [-0.39, 0.29) is 23.9 Å². The van der Waals surface area contributed by atoms with Gasteiger partial charge < -0.3 is 9.80 Å². The molecule has 0 saturated heterocycles. The number of rotatable bonds is 3. The van der Waals surface area contributed by atoms with Crippen LogP contribution in [-0.4, -0.2) is 17.9 Å². The summed E-state index contributed by atoms with van der Waals surface area (Å²) in [5.74, 6) is -0.00697. The first-order chi connectivity index (χ1) is 14.5. The number of benzene rings is 3. The third kappa shape index (κ3) is 3.50. The van der Waals surface area contributed by atoms with Gasteiger partial charge in [0.1, 0.15) is 0 Å². The number of fused-ring (bicyclic) bond motifs is 1. The number of anilines is 2. The van der Waals surface area contributed by atoms with Crippen molar-refractivity contribution in [2.75, 3.05) is 9.80 Å². The molecule has 3 aromatic carbocycles. The highest BCUT2D eigenvalue weighted by Gasteiger charge is 2.38. The molecule has 1 aliphatic heterocycles. The summed E-state index contributed by atoms with van der Waals surface area (Å²) in [5.41, 5.74) is 4.41. The molecule has 0 spiro atoms. The molecule has 0 bridgehead atoms. The van der Waals surface area contributed by atoms with E-state index < -0.39 is 0 Å². The van der Waals surface area contributed by atoms with E-state index in [0.717, 1.165) is 22.5 Å². The Labute approximate surface area is 177 Å². The first-order valence-corrected chi connectivity index (χ1v) is 10.3. The van der Waals surface area contributed by atoms with Crippen molar-refractivity contribution in [3.05, 3.63) is 95.6 Å². The summed E-state index contributed by atoms with van der Waals surface area (Å²) in [4.78, 5) is 29.9. The normalized spacial score (nSPS) is 17.9. The van der Waals surface area contributed by atoms with Gasteiger partial charge in [0.15, 0.2) is 0 Å². The highest BCUT2D eigenvalue weighted by atomic mass is 16.2. The highest BCUT2D eigenvalue weighted by Crippen LogP contribution is 2.42. The van der Waals surface area contributed by atoms with Gasteiger partial charge in [-0.25, -0.2) is 0 Å². The molecule has 2 atom stereocenters. The molecule has 1 aliphatic rings. The molecule has 4 nitrogen and oxygen atoms in total. The minimum absolute atomic E-state index is 0.000543. The van der Waals surface area contributed by atoms with Crippen molar-refractivity contribution < 1.29 is 9.59 Å². The third-order valence-electron chi connectivity index (χ3n) is 5.84. The summed E-state index contributed by atoms with van der Waals surface area (Å²) < 4.78 is 0. The Kier molecular flexibility index (Phi) is 5.40. The summed E-state index contributed by atoms with van der Waals surface area (Å²) in [6.07, 6.45) is 0.670. The fourth-order valence-electron chi connectivity index (χ4n) is 4.45. The largest absolute Gasteiger partial charge is 0.305 e. The molecule has 0 aromatic heterocycles. The number of amides is 2. The van der Waals surface area contributed by atoms with Gasteiger partial charge in [-0.15, -0.1) is 0 Å². The lowest BCUT2D eigenvalue weighted by Gasteiger charge is -2.43. The summed E-state index contributed by atoms with van der Waals surface area (Å²) in [6.45, 7) is 5.62. The Morgan fingerprint density at radius 2 is 1.53 bits per heavy atom. The first kappa shape index (κ1) is 19.9. The third-order valence-corrected chi connectivity index (χ3v) is 5.84. The second kappa shape index (κ2) is 8.15. The Morgan fingerprint density at radius 1 is 0.900 bits per heavy atom. The molecule has 152 valence electrons. The topological polar surface area (TPSA) is 40.6 Å². The van der Waals surface area contributed by atoms with Crippen LogP contribution in [0.1, 0.15) is 47.8 Å². The van der Waals surface area contributed by atoms with Gasteiger partial charge in [-0.3, -0.25) is 9.59 Å². The molecular weight excluding hydrogens is 372 g/mol. The molecule has 0 aliphatic carbocycles. The maximum Gasteiger partial charge on any atom is 0.258 e. The first-order valence-electron chi connectivity index (χ1n) is 10.3. The smallest absolute Gasteiger partial charge is 0.258 e. The van der Waals surface area contributed by atoms with E-state index in [4.69, 9.17) is 0 Å². The molecule has 0 saturated carbocycles. The van der Waals surface area contributed by atoms with Gasteiger partial charge in [0, 0.05) is 29.9 Å². The van der Waals surface area contributed by atoms with Crippen LogP contribution >= 0.6 is 0 Å². The van der Waals surface area contributed by atoms with Crippen molar-refractivity contribution in [2.24, 2.45) is 0 Å². The second-order valence-electron chi connectivity index (χ2n) is 7.87. The fourth-order valence-corrected chi connectivity index (χ4v) is 4.45. The summed E-state index contributed by atoms with van der Waals surface area (Å²) >= 11 is 0. The molecule has 4 rings (SSSR count). The number of carbonyl (C=O) groups excluding carboxylic acids is 2. The molecular formula is C26H26N2O2. The lowest BCUT2D eigenvalue weighted by Crippen LogP contribution is -2.47. The minimum Gasteiger partial charge on any atom is -0.305 e. The average Bonchev–Trinajstić information content (AvgIpc) is 2.74. The number of hydrogen-bond donors (Lipinski definition) is 0. The Morgan fingerprint density at radius 3 is 2.23 bits per heavy atom. The van der Waals surface area contributed by atoms with Crippen LogP contribution in [0.2, 0.25) is 0 Å². The van der Waals surface area contributed by atoms with E-state index >= 15 is 0 Å². The molecule has 2 amide bonds. The maximum atomic E-state index is 13.5. The zero-order chi connectivity index (χ0) is 21.3. The zero-order valence-electron chi connectivity index (χ0n) is 17.6. The zero-order valence-corrected chi connectivity index (χ0v) is 17.6. The van der Waals surface area contributed by atoms with Gasteiger partial charge in [0.25, 0.3) is 5.91 Å². The minimum atomic E-state index is -0.128. The van der Waals surface area contributed by atoms with E-state index in [1.54, 1.807) is 6.92 Å². The van der Waals surface area contributed by atoms with Crippen LogP contribution in [0.3, 0.4) is 0 Å². The number of carbonyl (C=O) groups is 2. The van der Waals surface area contributed by atoms with Crippen molar-refractivity contribution >= 4 is 23.2 Å². The van der Waals surface area contributed by atoms with Crippen molar-refractivity contribution in [3.8, 4) is 0 Å².